The van der Waals surface area contributed by atoms with Gasteiger partial charge in [-0.3, -0.25) is 0 Å². The van der Waals surface area contributed by atoms with Crippen LogP contribution in [0.25, 0.3) is 23.3 Å². The summed E-state index contributed by atoms with van der Waals surface area (Å²) in [4.78, 5) is 16.8. The van der Waals surface area contributed by atoms with E-state index in [9.17, 15) is 0 Å². The Bertz CT molecular complexity index is 1020. The quantitative estimate of drug-likeness (QED) is 0.594. The number of halogens is 1. The molecule has 0 fully saturated rings. The summed E-state index contributed by atoms with van der Waals surface area (Å²) < 4.78 is 10.4. The molecule has 0 aliphatic heterocycles. The van der Waals surface area contributed by atoms with E-state index < -0.39 is 0 Å². The van der Waals surface area contributed by atoms with Gasteiger partial charge in [-0.25, -0.2) is 4.98 Å². The molecule has 0 aliphatic carbocycles. The number of nitrogen functional groups attached to an aromatic ring is 1. The van der Waals surface area contributed by atoms with E-state index >= 15 is 0 Å². The van der Waals surface area contributed by atoms with Crippen LogP contribution in [0.5, 0.6) is 0 Å². The molecule has 4 aromatic rings. The lowest BCUT2D eigenvalue weighted by molar-refractivity contribution is 0.416. The molecule has 0 spiro atoms. The highest BCUT2D eigenvalue weighted by Crippen LogP contribution is 2.21. The first-order valence-electron chi connectivity index (χ1n) is 7.30. The average Bonchev–Trinajstić information content (AvgIpc) is 3.26. The van der Waals surface area contributed by atoms with E-state index in [2.05, 4.69) is 25.1 Å². The van der Waals surface area contributed by atoms with Gasteiger partial charge in [-0.1, -0.05) is 28.9 Å². The number of furan rings is 1. The average molecular weight is 355 g/mol. The van der Waals surface area contributed by atoms with Crippen LogP contribution in [-0.4, -0.2) is 25.1 Å². The molecule has 0 amide bonds. The van der Waals surface area contributed by atoms with E-state index in [1.807, 2.05) is 18.2 Å². The van der Waals surface area contributed by atoms with Gasteiger partial charge < -0.3 is 14.7 Å². The summed E-state index contributed by atoms with van der Waals surface area (Å²) in [7, 11) is 0. The third kappa shape index (κ3) is 3.33. The van der Waals surface area contributed by atoms with Crippen molar-refractivity contribution in [3.8, 4) is 23.3 Å². The molecule has 3 aromatic heterocycles. The first kappa shape index (κ1) is 15.3. The SMILES string of the molecule is Nc1nc(Cc2cccc(Cl)c2)nc(-c2noc(-c3ccco3)n2)n1. The Kier molecular flexibility index (Phi) is 3.87. The molecule has 3 heterocycles. The standard InChI is InChI=1S/C16H11ClN6O2/c17-10-4-1-3-9(7-10)8-12-19-13(22-16(18)20-12)14-21-15(25-23-14)11-5-2-6-24-11/h1-7H,8H2,(H2,18,19,20,22). The predicted molar refractivity (Wildman–Crippen MR) is 89.5 cm³/mol. The minimum Gasteiger partial charge on any atom is -0.459 e. The molecule has 0 radical (unpaired) electrons. The van der Waals surface area contributed by atoms with Gasteiger partial charge in [0.2, 0.25) is 17.6 Å². The fourth-order valence-electron chi connectivity index (χ4n) is 2.26. The lowest BCUT2D eigenvalue weighted by Gasteiger charge is -2.03. The molecule has 25 heavy (non-hydrogen) atoms. The number of nitrogens with two attached hydrogens (primary N) is 1. The van der Waals surface area contributed by atoms with Crippen LogP contribution in [-0.2, 0) is 6.42 Å². The molecule has 124 valence electrons. The van der Waals surface area contributed by atoms with Crippen molar-refractivity contribution < 1.29 is 8.94 Å². The molecule has 9 heteroatoms. The Hall–Kier alpha value is -3.26. The second kappa shape index (κ2) is 6.33. The number of anilines is 1. The van der Waals surface area contributed by atoms with Crippen molar-refractivity contribution in [2.75, 3.05) is 5.73 Å². The second-order valence-corrected chi connectivity index (χ2v) is 5.58. The lowest BCUT2D eigenvalue weighted by atomic mass is 10.1. The number of hydrogen-bond acceptors (Lipinski definition) is 8. The van der Waals surface area contributed by atoms with Crippen LogP contribution in [0.3, 0.4) is 0 Å². The van der Waals surface area contributed by atoms with Gasteiger partial charge in [0.05, 0.1) is 6.26 Å². The number of benzene rings is 1. The highest BCUT2D eigenvalue weighted by Gasteiger charge is 2.16. The summed E-state index contributed by atoms with van der Waals surface area (Å²) >= 11 is 6.00. The zero-order valence-corrected chi connectivity index (χ0v) is 13.5. The molecule has 1 aromatic carbocycles. The third-order valence-corrected chi connectivity index (χ3v) is 3.54. The molecule has 4 rings (SSSR count). The van der Waals surface area contributed by atoms with Gasteiger partial charge in [-0.15, -0.1) is 0 Å². The van der Waals surface area contributed by atoms with Crippen LogP contribution >= 0.6 is 11.6 Å². The zero-order valence-electron chi connectivity index (χ0n) is 12.8. The first-order valence-corrected chi connectivity index (χ1v) is 7.68. The van der Waals surface area contributed by atoms with Crippen molar-refractivity contribution in [2.45, 2.75) is 6.42 Å². The van der Waals surface area contributed by atoms with Crippen LogP contribution in [0.1, 0.15) is 11.4 Å². The summed E-state index contributed by atoms with van der Waals surface area (Å²) in [5.41, 5.74) is 6.74. The Labute approximate surface area is 146 Å². The van der Waals surface area contributed by atoms with Gasteiger partial charge in [0.1, 0.15) is 5.82 Å². The summed E-state index contributed by atoms with van der Waals surface area (Å²) in [6.07, 6.45) is 1.96. The largest absolute Gasteiger partial charge is 0.459 e. The zero-order chi connectivity index (χ0) is 17.2. The predicted octanol–water partition coefficient (Wildman–Crippen LogP) is 3.01. The summed E-state index contributed by atoms with van der Waals surface area (Å²) in [6.45, 7) is 0. The molecule has 8 nitrogen and oxygen atoms in total. The van der Waals surface area contributed by atoms with E-state index in [1.165, 1.54) is 6.26 Å². The van der Waals surface area contributed by atoms with Crippen molar-refractivity contribution in [3.63, 3.8) is 0 Å². The Morgan fingerprint density at radius 3 is 2.72 bits per heavy atom. The Morgan fingerprint density at radius 1 is 1.00 bits per heavy atom. The monoisotopic (exact) mass is 354 g/mol. The minimum atomic E-state index is 0.0753. The number of nitrogens with zero attached hydrogens (tertiary/aromatic N) is 5. The summed E-state index contributed by atoms with van der Waals surface area (Å²) in [5, 5.41) is 4.51. The normalized spacial score (nSPS) is 10.9. The van der Waals surface area contributed by atoms with Gasteiger partial charge in [-0.2, -0.15) is 15.0 Å². The third-order valence-electron chi connectivity index (χ3n) is 3.31. The van der Waals surface area contributed by atoms with Crippen LogP contribution in [0.4, 0.5) is 5.95 Å². The van der Waals surface area contributed by atoms with Gasteiger partial charge in [0.25, 0.3) is 5.89 Å². The first-order chi connectivity index (χ1) is 12.2. The molecular weight excluding hydrogens is 344 g/mol. The maximum atomic E-state index is 6.00. The van der Waals surface area contributed by atoms with Crippen molar-refractivity contribution in [2.24, 2.45) is 0 Å². The number of rotatable bonds is 4. The van der Waals surface area contributed by atoms with Crippen molar-refractivity contribution in [1.29, 1.82) is 0 Å². The number of hydrogen-bond donors (Lipinski definition) is 1. The van der Waals surface area contributed by atoms with E-state index in [0.717, 1.165) is 5.56 Å². The van der Waals surface area contributed by atoms with Crippen molar-refractivity contribution in [3.05, 3.63) is 59.1 Å². The molecular formula is C16H11ClN6O2. The molecule has 0 saturated carbocycles. The van der Waals surface area contributed by atoms with Gasteiger partial charge in [0, 0.05) is 11.4 Å². The van der Waals surface area contributed by atoms with Crippen LogP contribution in [0, 0.1) is 0 Å². The van der Waals surface area contributed by atoms with E-state index in [4.69, 9.17) is 26.3 Å². The van der Waals surface area contributed by atoms with Crippen LogP contribution in [0.2, 0.25) is 5.02 Å². The van der Waals surface area contributed by atoms with Gasteiger partial charge in [0.15, 0.2) is 5.76 Å². The molecule has 2 N–H and O–H groups in total. The Morgan fingerprint density at radius 2 is 1.92 bits per heavy atom. The molecule has 0 bridgehead atoms. The molecule has 0 saturated heterocycles. The highest BCUT2D eigenvalue weighted by molar-refractivity contribution is 6.30. The molecule has 0 atom stereocenters. The smallest absolute Gasteiger partial charge is 0.294 e. The van der Waals surface area contributed by atoms with Crippen molar-refractivity contribution >= 4 is 17.5 Å². The fraction of sp³-hybridized carbons (Fsp3) is 0.0625. The fourth-order valence-corrected chi connectivity index (χ4v) is 2.47. The summed E-state index contributed by atoms with van der Waals surface area (Å²) in [5.74, 6) is 1.68. The van der Waals surface area contributed by atoms with Gasteiger partial charge in [-0.05, 0) is 29.8 Å². The topological polar surface area (TPSA) is 117 Å². The van der Waals surface area contributed by atoms with E-state index in [-0.39, 0.29) is 23.5 Å². The lowest BCUT2D eigenvalue weighted by Crippen LogP contribution is -2.06. The second-order valence-electron chi connectivity index (χ2n) is 5.14. The van der Waals surface area contributed by atoms with Crippen LogP contribution in [0.15, 0.2) is 51.6 Å². The van der Waals surface area contributed by atoms with Crippen molar-refractivity contribution in [1.82, 2.24) is 25.1 Å². The molecule has 0 unspecified atom stereocenters. The number of aromatic nitrogens is 5. The van der Waals surface area contributed by atoms with E-state index in [0.29, 0.717) is 23.0 Å². The van der Waals surface area contributed by atoms with Gasteiger partial charge >= 0.3 is 0 Å². The molecule has 0 aliphatic rings. The maximum absolute atomic E-state index is 6.00. The van der Waals surface area contributed by atoms with Crippen LogP contribution < -0.4 is 5.73 Å². The maximum Gasteiger partial charge on any atom is 0.294 e. The Balaban J connectivity index is 1.66. The highest BCUT2D eigenvalue weighted by atomic mass is 35.5. The minimum absolute atomic E-state index is 0.0753. The summed E-state index contributed by atoms with van der Waals surface area (Å²) in [6, 6.07) is 10.9. The van der Waals surface area contributed by atoms with E-state index in [1.54, 1.807) is 18.2 Å².